The van der Waals surface area contributed by atoms with Gasteiger partial charge in [-0.15, -0.1) is 0 Å². The van der Waals surface area contributed by atoms with Crippen LogP contribution in [0.3, 0.4) is 0 Å². The molecule has 1 amide bonds. The summed E-state index contributed by atoms with van der Waals surface area (Å²) in [6.07, 6.45) is 1.15. The number of amides is 1. The molecule has 2 aromatic carbocycles. The Balaban J connectivity index is 1.60. The summed E-state index contributed by atoms with van der Waals surface area (Å²) < 4.78 is 46.1. The Morgan fingerprint density at radius 3 is 2.67 bits per heavy atom. The van der Waals surface area contributed by atoms with E-state index in [0.717, 1.165) is 6.07 Å². The number of nitrogens with one attached hydrogen (secondary N) is 2. The maximum Gasteiger partial charge on any atom is 0.261 e. The molecule has 0 fully saturated rings. The zero-order chi connectivity index (χ0) is 21.7. The number of anilines is 1. The maximum absolute atomic E-state index is 13.7. The van der Waals surface area contributed by atoms with E-state index in [2.05, 4.69) is 20.2 Å². The topological polar surface area (TPSA) is 114 Å². The number of halogens is 1. The molecule has 3 rings (SSSR count). The normalized spacial score (nSPS) is 11.3. The van der Waals surface area contributed by atoms with Crippen LogP contribution in [-0.2, 0) is 16.4 Å². The lowest BCUT2D eigenvalue weighted by atomic mass is 10.2. The minimum Gasteiger partial charge on any atom is -0.352 e. The van der Waals surface area contributed by atoms with Gasteiger partial charge in [0.1, 0.15) is 5.82 Å². The van der Waals surface area contributed by atoms with Gasteiger partial charge < -0.3 is 9.84 Å². The van der Waals surface area contributed by atoms with E-state index >= 15 is 0 Å². The molecule has 2 N–H and O–H groups in total. The van der Waals surface area contributed by atoms with Crippen LogP contribution in [-0.4, -0.2) is 31.0 Å². The summed E-state index contributed by atoms with van der Waals surface area (Å²) in [6, 6.07) is 9.73. The van der Waals surface area contributed by atoms with Crippen LogP contribution in [0.4, 0.5) is 10.1 Å². The summed E-state index contributed by atoms with van der Waals surface area (Å²) in [5.41, 5.74) is 0.839. The van der Waals surface area contributed by atoms with Crippen molar-refractivity contribution in [3.63, 3.8) is 0 Å². The molecule has 0 bridgehead atoms. The molecule has 0 spiro atoms. The van der Waals surface area contributed by atoms with Gasteiger partial charge in [-0.25, -0.2) is 12.8 Å². The van der Waals surface area contributed by atoms with Crippen molar-refractivity contribution in [3.05, 3.63) is 71.1 Å². The quantitative estimate of drug-likeness (QED) is 0.529. The summed E-state index contributed by atoms with van der Waals surface area (Å²) in [4.78, 5) is 16.2. The highest BCUT2D eigenvalue weighted by Gasteiger charge is 2.16. The van der Waals surface area contributed by atoms with E-state index in [1.807, 2.05) is 0 Å². The zero-order valence-corrected chi connectivity index (χ0v) is 17.3. The van der Waals surface area contributed by atoms with Crippen molar-refractivity contribution < 1.29 is 22.1 Å². The Morgan fingerprint density at radius 1 is 1.17 bits per heavy atom. The molecular weight excluding hydrogens is 411 g/mol. The van der Waals surface area contributed by atoms with Crippen LogP contribution < -0.4 is 10.0 Å². The van der Waals surface area contributed by atoms with Gasteiger partial charge in [0.25, 0.3) is 15.9 Å². The van der Waals surface area contributed by atoms with E-state index < -0.39 is 15.8 Å². The third kappa shape index (κ3) is 5.41. The Morgan fingerprint density at radius 2 is 1.97 bits per heavy atom. The van der Waals surface area contributed by atoms with E-state index in [1.165, 1.54) is 24.3 Å². The van der Waals surface area contributed by atoms with Crippen LogP contribution in [0, 0.1) is 19.7 Å². The largest absolute Gasteiger partial charge is 0.352 e. The van der Waals surface area contributed by atoms with Gasteiger partial charge in [-0.3, -0.25) is 9.52 Å². The van der Waals surface area contributed by atoms with Gasteiger partial charge in [-0.05, 0) is 56.2 Å². The molecule has 3 aromatic rings. The fourth-order valence-electron chi connectivity index (χ4n) is 2.66. The predicted octanol–water partition coefficient (Wildman–Crippen LogP) is 2.99. The molecule has 30 heavy (non-hydrogen) atoms. The Kier molecular flexibility index (Phi) is 6.46. The summed E-state index contributed by atoms with van der Waals surface area (Å²) >= 11 is 0. The van der Waals surface area contributed by atoms with Crippen LogP contribution in [0.15, 0.2) is 51.9 Å². The van der Waals surface area contributed by atoms with Crippen LogP contribution in [0.2, 0.25) is 0 Å². The molecule has 0 saturated heterocycles. The Hall–Kier alpha value is -3.27. The van der Waals surface area contributed by atoms with Crippen LogP contribution in [0.25, 0.3) is 0 Å². The second-order valence-electron chi connectivity index (χ2n) is 6.69. The molecule has 1 heterocycles. The monoisotopic (exact) mass is 432 g/mol. The van der Waals surface area contributed by atoms with Gasteiger partial charge in [0.05, 0.1) is 4.90 Å². The number of aryl methyl sites for hydroxylation is 3. The second-order valence-corrected chi connectivity index (χ2v) is 8.37. The molecule has 0 atom stereocenters. The summed E-state index contributed by atoms with van der Waals surface area (Å²) in [5.74, 6) is 0.105. The molecule has 0 saturated carbocycles. The lowest BCUT2D eigenvalue weighted by Crippen LogP contribution is -2.25. The second kappa shape index (κ2) is 9.04. The number of carbonyl (C=O) groups is 1. The lowest BCUT2D eigenvalue weighted by Gasteiger charge is -2.10. The molecule has 0 radical (unpaired) electrons. The van der Waals surface area contributed by atoms with Gasteiger partial charge in [0.2, 0.25) is 5.89 Å². The minimum absolute atomic E-state index is 0.197. The van der Waals surface area contributed by atoms with Crippen LogP contribution in [0.5, 0.6) is 0 Å². The van der Waals surface area contributed by atoms with Gasteiger partial charge in [-0.1, -0.05) is 17.3 Å². The molecule has 0 unspecified atom stereocenters. The number of aromatic nitrogens is 2. The van der Waals surface area contributed by atoms with Gasteiger partial charge >= 0.3 is 0 Å². The number of rotatable bonds is 8. The molecule has 0 aliphatic heterocycles. The zero-order valence-electron chi connectivity index (χ0n) is 16.5. The van der Waals surface area contributed by atoms with Crippen molar-refractivity contribution in [2.75, 3.05) is 11.3 Å². The molecule has 158 valence electrons. The van der Waals surface area contributed by atoms with Crippen LogP contribution in [0.1, 0.15) is 34.1 Å². The third-order valence-corrected chi connectivity index (χ3v) is 5.63. The number of nitrogens with zero attached hydrogens (tertiary/aromatic N) is 2. The molecule has 0 aliphatic carbocycles. The highest BCUT2D eigenvalue weighted by molar-refractivity contribution is 7.92. The fourth-order valence-corrected chi connectivity index (χ4v) is 3.72. The number of hydrogen-bond donors (Lipinski definition) is 2. The minimum atomic E-state index is -3.99. The van der Waals surface area contributed by atoms with Crippen molar-refractivity contribution in [2.24, 2.45) is 0 Å². The van der Waals surface area contributed by atoms with Crippen LogP contribution >= 0.6 is 0 Å². The summed E-state index contributed by atoms with van der Waals surface area (Å²) in [6.45, 7) is 3.66. The van der Waals surface area contributed by atoms with Crippen molar-refractivity contribution in [3.8, 4) is 0 Å². The van der Waals surface area contributed by atoms with Crippen molar-refractivity contribution >= 4 is 21.6 Å². The maximum atomic E-state index is 13.7. The van der Waals surface area contributed by atoms with Crippen molar-refractivity contribution in [2.45, 2.75) is 31.6 Å². The third-order valence-electron chi connectivity index (χ3n) is 4.25. The number of benzene rings is 2. The SMILES string of the molecule is Cc1noc(CCCNC(=O)c2cccc(NS(=O)(=O)c3ccc(C)c(F)c3)c2)n1. The van der Waals surface area contributed by atoms with Gasteiger partial charge in [0, 0.05) is 24.2 Å². The van der Waals surface area contributed by atoms with Gasteiger partial charge in [-0.2, -0.15) is 4.98 Å². The molecule has 10 heteroatoms. The molecule has 8 nitrogen and oxygen atoms in total. The fraction of sp³-hybridized carbons (Fsp3) is 0.250. The Bertz CT molecular complexity index is 1160. The lowest BCUT2D eigenvalue weighted by molar-refractivity contribution is 0.0953. The summed E-state index contributed by atoms with van der Waals surface area (Å²) in [7, 11) is -3.99. The van der Waals surface area contributed by atoms with Gasteiger partial charge in [0.15, 0.2) is 5.82 Å². The number of carbonyl (C=O) groups excluding carboxylic acids is 1. The van der Waals surface area contributed by atoms with Crippen molar-refractivity contribution in [1.29, 1.82) is 0 Å². The highest BCUT2D eigenvalue weighted by atomic mass is 32.2. The Labute approximate surface area is 173 Å². The van der Waals surface area contributed by atoms with E-state index in [1.54, 1.807) is 26.0 Å². The highest BCUT2D eigenvalue weighted by Crippen LogP contribution is 2.19. The van der Waals surface area contributed by atoms with Crippen molar-refractivity contribution in [1.82, 2.24) is 15.5 Å². The first-order valence-corrected chi connectivity index (χ1v) is 10.7. The first kappa shape index (κ1) is 21.4. The predicted molar refractivity (Wildman–Crippen MR) is 108 cm³/mol. The summed E-state index contributed by atoms with van der Waals surface area (Å²) in [5, 5.41) is 6.45. The molecule has 1 aromatic heterocycles. The van der Waals surface area contributed by atoms with E-state index in [9.17, 15) is 17.6 Å². The molecular formula is C20H21FN4O4S. The average molecular weight is 432 g/mol. The standard InChI is InChI=1S/C20H21FN4O4S/c1-13-8-9-17(12-18(13)21)30(27,28)25-16-6-3-5-15(11-16)20(26)22-10-4-7-19-23-14(2)24-29-19/h3,5-6,8-9,11-12,25H,4,7,10H2,1-2H3,(H,22,26). The first-order valence-electron chi connectivity index (χ1n) is 9.21. The number of hydrogen-bond acceptors (Lipinski definition) is 6. The van der Waals surface area contributed by atoms with E-state index in [4.69, 9.17) is 4.52 Å². The van der Waals surface area contributed by atoms with E-state index in [0.29, 0.717) is 42.2 Å². The first-order chi connectivity index (χ1) is 14.2. The smallest absolute Gasteiger partial charge is 0.261 e. The van der Waals surface area contributed by atoms with E-state index in [-0.39, 0.29) is 16.5 Å². The number of sulfonamides is 1. The molecule has 0 aliphatic rings. The average Bonchev–Trinajstić information content (AvgIpc) is 3.12.